The van der Waals surface area contributed by atoms with Gasteiger partial charge in [-0.1, -0.05) is 27.7 Å². The molecule has 1 heteroatoms. The van der Waals surface area contributed by atoms with Gasteiger partial charge in [-0.05, 0) is 91.8 Å². The molecule has 1 nitrogen and oxygen atoms in total. The van der Waals surface area contributed by atoms with Crippen LogP contribution >= 0.6 is 0 Å². The van der Waals surface area contributed by atoms with E-state index in [1.54, 1.807) is 0 Å². The fourth-order valence-corrected chi connectivity index (χ4v) is 8.20. The Kier molecular flexibility index (Phi) is 2.69. The van der Waals surface area contributed by atoms with Crippen LogP contribution in [0, 0.1) is 39.9 Å². The molecule has 120 valence electrons. The van der Waals surface area contributed by atoms with E-state index in [9.17, 15) is 5.11 Å². The van der Waals surface area contributed by atoms with E-state index in [1.165, 1.54) is 38.5 Å². The van der Waals surface area contributed by atoms with E-state index < -0.39 is 5.60 Å². The summed E-state index contributed by atoms with van der Waals surface area (Å²) >= 11 is 0. The maximum Gasteiger partial charge on any atom is 0.0653 e. The molecule has 0 radical (unpaired) electrons. The zero-order valence-corrected chi connectivity index (χ0v) is 14.7. The fourth-order valence-electron chi connectivity index (χ4n) is 8.20. The average Bonchev–Trinajstić information content (AvgIpc) is 2.45. The first-order valence-electron chi connectivity index (χ1n) is 9.38. The summed E-state index contributed by atoms with van der Waals surface area (Å²) in [6.45, 7) is 12.4. The standard InChI is InChI=1S/C20H34O/c1-13-6-7-14-12-16-18(4)9-8-15(18)19(5,21)10-11-20(13,16)17(14,2)3/h13-16,21H,6-12H2,1-5H3. The first-order chi connectivity index (χ1) is 9.66. The first kappa shape index (κ1) is 14.5. The Morgan fingerprint density at radius 1 is 0.857 bits per heavy atom. The zero-order valence-electron chi connectivity index (χ0n) is 14.7. The maximum absolute atomic E-state index is 11.1. The van der Waals surface area contributed by atoms with Gasteiger partial charge in [0.2, 0.25) is 0 Å². The number of rotatable bonds is 0. The Balaban J connectivity index is 1.87. The second-order valence-corrected chi connectivity index (χ2v) is 10.2. The third kappa shape index (κ3) is 1.44. The molecule has 4 fully saturated rings. The predicted molar refractivity (Wildman–Crippen MR) is 86.9 cm³/mol. The van der Waals surface area contributed by atoms with Crippen molar-refractivity contribution in [3.8, 4) is 0 Å². The van der Waals surface area contributed by atoms with E-state index in [-0.39, 0.29) is 0 Å². The molecule has 21 heavy (non-hydrogen) atoms. The van der Waals surface area contributed by atoms with Crippen LogP contribution in [0.2, 0.25) is 0 Å². The highest BCUT2D eigenvalue weighted by Crippen LogP contribution is 2.78. The second kappa shape index (κ2) is 3.89. The molecule has 1 spiro atoms. The molecule has 4 saturated carbocycles. The summed E-state index contributed by atoms with van der Waals surface area (Å²) in [5, 5.41) is 11.1. The van der Waals surface area contributed by atoms with Crippen LogP contribution in [0.25, 0.3) is 0 Å². The SMILES string of the molecule is CC1CCC2CC3C4(C)CCC4C(C)(O)CCC13C2(C)C. The average molecular weight is 290 g/mol. The number of hydrogen-bond acceptors (Lipinski definition) is 1. The van der Waals surface area contributed by atoms with E-state index >= 15 is 0 Å². The van der Waals surface area contributed by atoms with Crippen molar-refractivity contribution in [1.29, 1.82) is 0 Å². The van der Waals surface area contributed by atoms with Crippen molar-refractivity contribution in [3.63, 3.8) is 0 Å². The van der Waals surface area contributed by atoms with Crippen LogP contribution in [0.5, 0.6) is 0 Å². The van der Waals surface area contributed by atoms with Gasteiger partial charge in [0.05, 0.1) is 5.60 Å². The lowest BCUT2D eigenvalue weighted by atomic mass is 9.44. The van der Waals surface area contributed by atoms with Gasteiger partial charge in [-0.2, -0.15) is 0 Å². The Hall–Kier alpha value is -0.0400. The molecule has 2 bridgehead atoms. The highest BCUT2D eigenvalue weighted by atomic mass is 16.3. The molecule has 0 saturated heterocycles. The predicted octanol–water partition coefficient (Wildman–Crippen LogP) is 5.03. The normalized spacial score (nSPS) is 61.4. The summed E-state index contributed by atoms with van der Waals surface area (Å²) in [5.41, 5.74) is 0.947. The molecule has 7 unspecified atom stereocenters. The van der Waals surface area contributed by atoms with Crippen LogP contribution in [-0.2, 0) is 0 Å². The minimum atomic E-state index is -0.422. The Labute approximate surface area is 130 Å². The largest absolute Gasteiger partial charge is 0.390 e. The number of fused-ring (bicyclic) bond motifs is 3. The summed E-state index contributed by atoms with van der Waals surface area (Å²) in [6, 6.07) is 0. The molecule has 0 heterocycles. The van der Waals surface area contributed by atoms with Gasteiger partial charge >= 0.3 is 0 Å². The van der Waals surface area contributed by atoms with Gasteiger partial charge in [-0.3, -0.25) is 0 Å². The third-order valence-electron chi connectivity index (χ3n) is 9.55. The molecule has 4 aliphatic rings. The van der Waals surface area contributed by atoms with Crippen LogP contribution < -0.4 is 0 Å². The maximum atomic E-state index is 11.1. The molecular formula is C20H34O. The summed E-state index contributed by atoms with van der Waals surface area (Å²) in [6.07, 6.45) is 9.23. The van der Waals surface area contributed by atoms with Gasteiger partial charge < -0.3 is 5.11 Å². The molecule has 7 atom stereocenters. The zero-order chi connectivity index (χ0) is 15.3. The fraction of sp³-hybridized carbons (Fsp3) is 1.00. The molecule has 4 rings (SSSR count). The number of aliphatic hydroxyl groups is 1. The van der Waals surface area contributed by atoms with Crippen molar-refractivity contribution in [3.05, 3.63) is 0 Å². The second-order valence-electron chi connectivity index (χ2n) is 10.2. The Morgan fingerprint density at radius 2 is 1.57 bits per heavy atom. The molecule has 0 aliphatic heterocycles. The van der Waals surface area contributed by atoms with Crippen molar-refractivity contribution in [2.45, 2.75) is 85.2 Å². The molecule has 0 aromatic carbocycles. The monoisotopic (exact) mass is 290 g/mol. The van der Waals surface area contributed by atoms with Crippen molar-refractivity contribution in [1.82, 2.24) is 0 Å². The number of hydrogen-bond donors (Lipinski definition) is 1. The van der Waals surface area contributed by atoms with Crippen LogP contribution in [-0.4, -0.2) is 10.7 Å². The van der Waals surface area contributed by atoms with Gasteiger partial charge in [0.25, 0.3) is 0 Å². The van der Waals surface area contributed by atoms with Crippen LogP contribution in [0.1, 0.15) is 79.6 Å². The van der Waals surface area contributed by atoms with E-state index in [2.05, 4.69) is 34.6 Å². The Morgan fingerprint density at radius 3 is 2.19 bits per heavy atom. The van der Waals surface area contributed by atoms with Gasteiger partial charge in [0.1, 0.15) is 0 Å². The minimum Gasteiger partial charge on any atom is -0.390 e. The lowest BCUT2D eigenvalue weighted by Gasteiger charge is -2.61. The molecule has 4 aliphatic carbocycles. The van der Waals surface area contributed by atoms with Crippen molar-refractivity contribution < 1.29 is 5.11 Å². The lowest BCUT2D eigenvalue weighted by molar-refractivity contribution is -0.151. The van der Waals surface area contributed by atoms with Crippen molar-refractivity contribution in [2.24, 2.45) is 39.9 Å². The van der Waals surface area contributed by atoms with Crippen molar-refractivity contribution in [2.75, 3.05) is 0 Å². The topological polar surface area (TPSA) is 20.2 Å². The summed E-state index contributed by atoms with van der Waals surface area (Å²) in [4.78, 5) is 0. The summed E-state index contributed by atoms with van der Waals surface area (Å²) in [7, 11) is 0. The molecule has 0 amide bonds. The van der Waals surface area contributed by atoms with Gasteiger partial charge in [-0.15, -0.1) is 0 Å². The van der Waals surface area contributed by atoms with Crippen LogP contribution in [0.4, 0.5) is 0 Å². The summed E-state index contributed by atoms with van der Waals surface area (Å²) < 4.78 is 0. The molecule has 1 N–H and O–H groups in total. The van der Waals surface area contributed by atoms with Gasteiger partial charge in [0, 0.05) is 0 Å². The summed E-state index contributed by atoms with van der Waals surface area (Å²) in [5.74, 6) is 3.18. The van der Waals surface area contributed by atoms with Gasteiger partial charge in [-0.25, -0.2) is 0 Å². The molecular weight excluding hydrogens is 256 g/mol. The van der Waals surface area contributed by atoms with E-state index in [0.29, 0.717) is 22.2 Å². The third-order valence-corrected chi connectivity index (χ3v) is 9.55. The van der Waals surface area contributed by atoms with Crippen LogP contribution in [0.15, 0.2) is 0 Å². The smallest absolute Gasteiger partial charge is 0.0653 e. The first-order valence-corrected chi connectivity index (χ1v) is 9.38. The van der Waals surface area contributed by atoms with E-state index in [1.807, 2.05) is 0 Å². The highest BCUT2D eigenvalue weighted by molar-refractivity contribution is 5.21. The van der Waals surface area contributed by atoms with Gasteiger partial charge in [0.15, 0.2) is 0 Å². The minimum absolute atomic E-state index is 0.407. The Bertz CT molecular complexity index is 464. The van der Waals surface area contributed by atoms with E-state index in [4.69, 9.17) is 0 Å². The van der Waals surface area contributed by atoms with E-state index in [0.717, 1.165) is 24.2 Å². The highest BCUT2D eigenvalue weighted by Gasteiger charge is 2.72. The van der Waals surface area contributed by atoms with Crippen LogP contribution in [0.3, 0.4) is 0 Å². The lowest BCUT2D eigenvalue weighted by Crippen LogP contribution is -2.56. The van der Waals surface area contributed by atoms with Crippen molar-refractivity contribution >= 4 is 0 Å². The molecule has 0 aromatic heterocycles. The quantitative estimate of drug-likeness (QED) is 0.663. The molecule has 0 aromatic rings.